The Balaban J connectivity index is 1.34. The molecule has 1 saturated carbocycles. The number of β-amino-alcohol motifs (C(OH)–C–C–N with tert-alkyl or cyclic N) is 1. The van der Waals surface area contributed by atoms with Gasteiger partial charge in [-0.1, -0.05) is 17.7 Å². The van der Waals surface area contributed by atoms with Gasteiger partial charge in [0, 0.05) is 37.6 Å². The van der Waals surface area contributed by atoms with Gasteiger partial charge in [0.2, 0.25) is 17.7 Å². The fourth-order valence-electron chi connectivity index (χ4n) is 4.69. The Morgan fingerprint density at radius 2 is 1.79 bits per heavy atom. The van der Waals surface area contributed by atoms with E-state index in [0.29, 0.717) is 18.0 Å². The summed E-state index contributed by atoms with van der Waals surface area (Å²) in [6.07, 6.45) is 2.57. The van der Waals surface area contributed by atoms with Crippen LogP contribution in [0.5, 0.6) is 0 Å². The number of aliphatic hydroxyl groups is 1. The van der Waals surface area contributed by atoms with Gasteiger partial charge in [0.15, 0.2) is 0 Å². The number of likely N-dealkylation sites (tertiary alicyclic amines) is 1. The highest BCUT2D eigenvalue weighted by Gasteiger charge is 2.63. The van der Waals surface area contributed by atoms with Crippen LogP contribution in [0.15, 0.2) is 65.7 Å². The first-order valence-corrected chi connectivity index (χ1v) is 12.3. The van der Waals surface area contributed by atoms with Crippen molar-refractivity contribution in [2.75, 3.05) is 23.7 Å². The van der Waals surface area contributed by atoms with Crippen molar-refractivity contribution < 1.29 is 23.9 Å². The molecule has 4 atom stereocenters. The molecule has 0 spiro atoms. The van der Waals surface area contributed by atoms with E-state index in [0.717, 1.165) is 6.07 Å². The van der Waals surface area contributed by atoms with Crippen LogP contribution in [0.25, 0.3) is 5.69 Å². The van der Waals surface area contributed by atoms with Crippen molar-refractivity contribution >= 4 is 40.8 Å². The number of amides is 3. The van der Waals surface area contributed by atoms with Gasteiger partial charge in [-0.3, -0.25) is 23.7 Å². The number of rotatable bonds is 6. The Kier molecular flexibility index (Phi) is 6.96. The van der Waals surface area contributed by atoms with E-state index in [1.807, 2.05) is 0 Å². The summed E-state index contributed by atoms with van der Waals surface area (Å²) in [5.41, 5.74) is -0.235. The number of nitrogens with one attached hydrogen (secondary N) is 2. The third-order valence-corrected chi connectivity index (χ3v) is 6.90. The Hall–Kier alpha value is -4.09. The maximum absolute atomic E-state index is 14.9. The molecular formula is C26H23ClFN5O5. The number of aromatic nitrogens is 2. The summed E-state index contributed by atoms with van der Waals surface area (Å²) in [4.78, 5) is 56.8. The lowest BCUT2D eigenvalue weighted by Gasteiger charge is -2.15. The van der Waals surface area contributed by atoms with Gasteiger partial charge < -0.3 is 20.6 Å². The third-order valence-electron chi connectivity index (χ3n) is 6.68. The number of hydrogen-bond donors (Lipinski definition) is 3. The number of benzene rings is 1. The molecule has 4 unspecified atom stereocenters. The van der Waals surface area contributed by atoms with Crippen molar-refractivity contribution in [1.82, 2.24) is 14.5 Å². The molecule has 0 radical (unpaired) electrons. The van der Waals surface area contributed by atoms with E-state index in [2.05, 4.69) is 15.6 Å². The van der Waals surface area contributed by atoms with Crippen molar-refractivity contribution in [3.8, 4) is 5.69 Å². The Labute approximate surface area is 221 Å². The Bertz CT molecular complexity index is 1460. The lowest BCUT2D eigenvalue weighted by Crippen LogP contribution is -2.33. The number of carbonyl (C=O) groups excluding carboxylic acids is 3. The highest BCUT2D eigenvalue weighted by atomic mass is 35.5. The molecule has 10 nitrogen and oxygen atoms in total. The fourth-order valence-corrected chi connectivity index (χ4v) is 4.81. The van der Waals surface area contributed by atoms with Crippen LogP contribution in [-0.4, -0.2) is 56.5 Å². The molecule has 3 amide bonds. The van der Waals surface area contributed by atoms with Crippen LogP contribution < -0.4 is 16.2 Å². The molecule has 3 heterocycles. The van der Waals surface area contributed by atoms with Gasteiger partial charge in [0.25, 0.3) is 5.56 Å². The van der Waals surface area contributed by atoms with Gasteiger partial charge in [0.05, 0.1) is 40.3 Å². The molecule has 38 heavy (non-hydrogen) atoms. The molecule has 1 aliphatic carbocycles. The predicted octanol–water partition coefficient (Wildman–Crippen LogP) is 2.06. The lowest BCUT2D eigenvalue weighted by atomic mass is 10.2. The smallest absolute Gasteiger partial charge is 0.255 e. The van der Waals surface area contributed by atoms with E-state index in [4.69, 9.17) is 11.6 Å². The summed E-state index contributed by atoms with van der Waals surface area (Å²) in [5.74, 6) is -5.34. The highest BCUT2D eigenvalue weighted by Crippen LogP contribution is 2.49. The minimum absolute atomic E-state index is 0.117. The van der Waals surface area contributed by atoms with Gasteiger partial charge >= 0.3 is 0 Å². The summed E-state index contributed by atoms with van der Waals surface area (Å²) >= 11 is 5.83. The average molecular weight is 540 g/mol. The van der Waals surface area contributed by atoms with Gasteiger partial charge in [-0.05, 0) is 36.8 Å². The van der Waals surface area contributed by atoms with Crippen molar-refractivity contribution in [3.05, 3.63) is 82.1 Å². The van der Waals surface area contributed by atoms with Crippen LogP contribution in [0, 0.1) is 23.6 Å². The molecule has 2 aromatic heterocycles. The second-order valence-corrected chi connectivity index (χ2v) is 9.65. The largest absolute Gasteiger partial charge is 0.391 e. The van der Waals surface area contributed by atoms with Gasteiger partial charge in [0.1, 0.15) is 11.6 Å². The summed E-state index contributed by atoms with van der Waals surface area (Å²) in [6.45, 7) is 0.429. The second-order valence-electron chi connectivity index (χ2n) is 9.22. The summed E-state index contributed by atoms with van der Waals surface area (Å²) in [6, 6.07) is 11.4. The van der Waals surface area contributed by atoms with Crippen LogP contribution in [0.3, 0.4) is 0 Å². The molecule has 12 heteroatoms. The molecule has 5 rings (SSSR count). The highest BCUT2D eigenvalue weighted by molar-refractivity contribution is 6.30. The minimum Gasteiger partial charge on any atom is -0.391 e. The fraction of sp³-hybridized carbons (Fsp3) is 0.269. The van der Waals surface area contributed by atoms with E-state index in [1.54, 1.807) is 12.1 Å². The molecular weight excluding hydrogens is 517 g/mol. The second kappa shape index (κ2) is 10.3. The van der Waals surface area contributed by atoms with Crippen molar-refractivity contribution in [2.45, 2.75) is 12.5 Å². The minimum atomic E-state index is -1.05. The zero-order chi connectivity index (χ0) is 27.0. The maximum atomic E-state index is 14.9. The molecule has 2 aliphatic rings. The molecule has 3 N–H and O–H groups in total. The molecule has 1 aliphatic heterocycles. The normalized spacial score (nSPS) is 22.1. The molecule has 0 bridgehead atoms. The van der Waals surface area contributed by atoms with Crippen molar-refractivity contribution in [3.63, 3.8) is 0 Å². The lowest BCUT2D eigenvalue weighted by molar-refractivity contribution is -0.134. The van der Waals surface area contributed by atoms with Gasteiger partial charge in [-0.15, -0.1) is 0 Å². The topological polar surface area (TPSA) is 134 Å². The number of hydrogen-bond acceptors (Lipinski definition) is 6. The monoisotopic (exact) mass is 539 g/mol. The SMILES string of the molecule is O=C(Nc1ccc(Cl)cn1)C1C(C(=O)Nc2ccc(-n3ccccc3=O)cc2F)C1C(=O)N1CCC(O)C1. The molecule has 3 aromatic rings. The van der Waals surface area contributed by atoms with E-state index < -0.39 is 47.4 Å². The first-order valence-electron chi connectivity index (χ1n) is 11.9. The number of halogens is 2. The van der Waals surface area contributed by atoms with E-state index in [1.165, 1.54) is 52.2 Å². The molecule has 1 saturated heterocycles. The summed E-state index contributed by atoms with van der Waals surface area (Å²) in [5, 5.41) is 15.3. The average Bonchev–Trinajstić information content (AvgIpc) is 3.51. The number of nitrogens with zero attached hydrogens (tertiary/aromatic N) is 3. The molecule has 2 fully saturated rings. The zero-order valence-electron chi connectivity index (χ0n) is 19.9. The first kappa shape index (κ1) is 25.6. The molecule has 196 valence electrons. The zero-order valence-corrected chi connectivity index (χ0v) is 20.6. The Morgan fingerprint density at radius 1 is 1.03 bits per heavy atom. The van der Waals surface area contributed by atoms with Crippen LogP contribution in [-0.2, 0) is 14.4 Å². The maximum Gasteiger partial charge on any atom is 0.255 e. The van der Waals surface area contributed by atoms with Crippen molar-refractivity contribution in [1.29, 1.82) is 0 Å². The first-order chi connectivity index (χ1) is 18.2. The van der Waals surface area contributed by atoms with E-state index in [-0.39, 0.29) is 29.3 Å². The van der Waals surface area contributed by atoms with Crippen LogP contribution >= 0.6 is 11.6 Å². The summed E-state index contributed by atoms with van der Waals surface area (Å²) < 4.78 is 16.2. The van der Waals surface area contributed by atoms with Gasteiger partial charge in [-0.25, -0.2) is 9.37 Å². The number of carbonyl (C=O) groups is 3. The van der Waals surface area contributed by atoms with E-state index >= 15 is 0 Å². The number of pyridine rings is 2. The van der Waals surface area contributed by atoms with Crippen molar-refractivity contribution in [2.24, 2.45) is 17.8 Å². The Morgan fingerprint density at radius 3 is 2.42 bits per heavy atom. The van der Waals surface area contributed by atoms with E-state index in [9.17, 15) is 28.7 Å². The third kappa shape index (κ3) is 5.15. The number of aliphatic hydroxyl groups excluding tert-OH is 1. The van der Waals surface area contributed by atoms with Crippen LogP contribution in [0.2, 0.25) is 5.02 Å². The predicted molar refractivity (Wildman–Crippen MR) is 136 cm³/mol. The summed E-state index contributed by atoms with van der Waals surface area (Å²) in [7, 11) is 0. The van der Waals surface area contributed by atoms with Gasteiger partial charge in [-0.2, -0.15) is 0 Å². The van der Waals surface area contributed by atoms with Crippen LogP contribution in [0.1, 0.15) is 6.42 Å². The van der Waals surface area contributed by atoms with Crippen LogP contribution in [0.4, 0.5) is 15.9 Å². The quantitative estimate of drug-likeness (QED) is 0.439. The number of anilines is 2. The standard InChI is InChI=1S/C26H23ClFN5O5/c27-14-4-7-19(29-12-14)31-25(37)22-21(23(22)26(38)32-10-8-16(34)13-32)24(36)30-18-6-5-15(11-17(18)28)33-9-2-1-3-20(33)35/h1-7,9,11-12,16,21-23,34H,8,10,13H2,(H,30,36)(H,29,31,37). The molecule has 1 aromatic carbocycles.